The highest BCUT2D eigenvalue weighted by Crippen LogP contribution is 2.74. The van der Waals surface area contributed by atoms with E-state index in [4.69, 9.17) is 21.6 Å². The fraction of sp³-hybridized carbons (Fsp3) is 0.500. The molecule has 2 rings (SSSR count). The van der Waals surface area contributed by atoms with Crippen molar-refractivity contribution in [3.8, 4) is 0 Å². The van der Waals surface area contributed by atoms with Crippen LogP contribution in [-0.2, 0) is 11.8 Å². The number of benzene rings is 1. The molecule has 1 atom stereocenters. The summed E-state index contributed by atoms with van der Waals surface area (Å²) in [6, 6.07) is 10.3. The lowest BCUT2D eigenvalue weighted by Crippen LogP contribution is -2.35. The van der Waals surface area contributed by atoms with Gasteiger partial charge in [-0.05, 0) is 63.0 Å². The molecule has 4 nitrogen and oxygen atoms in total. The van der Waals surface area contributed by atoms with Crippen LogP contribution in [0.1, 0.15) is 27.7 Å². The summed E-state index contributed by atoms with van der Waals surface area (Å²) in [5.74, 6) is 0.799. The third-order valence-electron chi connectivity index (χ3n) is 3.65. The lowest BCUT2D eigenvalue weighted by molar-refractivity contribution is 0.454. The van der Waals surface area contributed by atoms with Gasteiger partial charge in [0.2, 0.25) is 5.96 Å². The maximum atomic E-state index is 6.04. The van der Waals surface area contributed by atoms with Crippen molar-refractivity contribution in [1.29, 1.82) is 0 Å². The summed E-state index contributed by atoms with van der Waals surface area (Å²) in [4.78, 5) is 10.5. The third-order valence-corrected chi connectivity index (χ3v) is 11.5. The van der Waals surface area contributed by atoms with E-state index in [1.165, 1.54) is 4.90 Å². The first-order chi connectivity index (χ1) is 11.5. The normalized spacial score (nSPS) is 20.3. The van der Waals surface area contributed by atoms with Crippen molar-refractivity contribution in [2.75, 3.05) is 26.2 Å². The molecular weight excluding hydrogens is 375 g/mol. The molecule has 0 saturated heterocycles. The van der Waals surface area contributed by atoms with Gasteiger partial charge in [0.05, 0.1) is 0 Å². The molecule has 0 spiro atoms. The van der Waals surface area contributed by atoms with E-state index in [9.17, 15) is 0 Å². The number of guanidine groups is 1. The van der Waals surface area contributed by atoms with E-state index in [1.54, 1.807) is 22.8 Å². The van der Waals surface area contributed by atoms with E-state index in [0.29, 0.717) is 0 Å². The van der Waals surface area contributed by atoms with Crippen LogP contribution >= 0.6 is 27.4 Å². The summed E-state index contributed by atoms with van der Waals surface area (Å²) in [6.45, 7) is 12.2. The van der Waals surface area contributed by atoms with Gasteiger partial charge in [-0.15, -0.1) is 0 Å². The Labute approximate surface area is 158 Å². The van der Waals surface area contributed by atoms with Gasteiger partial charge in [-0.3, -0.25) is 0 Å². The third kappa shape index (κ3) is 5.01. The van der Waals surface area contributed by atoms with E-state index >= 15 is 0 Å². The smallest absolute Gasteiger partial charge is 0.229 e. The zero-order valence-corrected chi connectivity index (χ0v) is 18.0. The van der Waals surface area contributed by atoms with Crippen LogP contribution in [0, 0.1) is 0 Å². The van der Waals surface area contributed by atoms with Crippen LogP contribution < -0.4 is 0 Å². The van der Waals surface area contributed by atoms with Gasteiger partial charge in [-0.25, -0.2) is 0 Å². The fourth-order valence-electron chi connectivity index (χ4n) is 2.28. The molecule has 0 radical (unpaired) electrons. The predicted octanol–water partition coefficient (Wildman–Crippen LogP) is 5.15. The van der Waals surface area contributed by atoms with Crippen molar-refractivity contribution < 1.29 is 0 Å². The molecule has 1 unspecified atom stereocenters. The summed E-state index contributed by atoms with van der Waals surface area (Å²) in [5, 5.41) is 1.02. The molecule has 0 fully saturated rings. The van der Waals surface area contributed by atoms with Crippen molar-refractivity contribution in [2.24, 2.45) is 9.76 Å². The Morgan fingerprint density at radius 3 is 2.12 bits per heavy atom. The summed E-state index contributed by atoms with van der Waals surface area (Å²) in [7, 11) is 0. The lowest BCUT2D eigenvalue weighted by Gasteiger charge is -2.31. The van der Waals surface area contributed by atoms with Gasteiger partial charge < -0.3 is 9.80 Å². The second kappa shape index (κ2) is 9.27. The van der Waals surface area contributed by atoms with Crippen LogP contribution in [0.3, 0.4) is 0 Å². The Morgan fingerprint density at radius 1 is 1.00 bits per heavy atom. The SMILES string of the molecule is CCN(CC)C1=NP(=S)(Sc2ccccc2)SC(N(CC)CC)=N1. The summed E-state index contributed by atoms with van der Waals surface area (Å²) >= 11 is 9.43. The van der Waals surface area contributed by atoms with Crippen molar-refractivity contribution in [3.63, 3.8) is 0 Å². The summed E-state index contributed by atoms with van der Waals surface area (Å²) in [5.41, 5.74) is 0. The molecule has 132 valence electrons. The molecule has 1 aromatic carbocycles. The minimum absolute atomic E-state index is 0.799. The van der Waals surface area contributed by atoms with Crippen LogP contribution in [0.15, 0.2) is 45.0 Å². The topological polar surface area (TPSA) is 31.2 Å². The second-order valence-corrected chi connectivity index (χ2v) is 15.4. The Balaban J connectivity index is 2.37. The van der Waals surface area contributed by atoms with Gasteiger partial charge in [0, 0.05) is 31.1 Å². The summed E-state index contributed by atoms with van der Waals surface area (Å²) < 4.78 is 2.86. The van der Waals surface area contributed by atoms with Gasteiger partial charge in [-0.2, -0.15) is 9.76 Å². The molecule has 1 aliphatic rings. The largest absolute Gasteiger partial charge is 0.351 e. The zero-order chi connectivity index (χ0) is 17.6. The van der Waals surface area contributed by atoms with E-state index in [2.05, 4.69) is 49.6 Å². The van der Waals surface area contributed by atoms with Gasteiger partial charge in [0.25, 0.3) is 0 Å². The Bertz CT molecular complexity index is 640. The number of hydrogen-bond acceptors (Lipinski definition) is 6. The summed E-state index contributed by atoms with van der Waals surface area (Å²) in [6.07, 6.45) is 0. The highest BCUT2D eigenvalue weighted by molar-refractivity contribution is 9.03. The van der Waals surface area contributed by atoms with E-state index in [-0.39, 0.29) is 0 Å². The molecule has 0 saturated carbocycles. The molecular formula is C16H25N4PS3. The van der Waals surface area contributed by atoms with E-state index in [0.717, 1.165) is 37.3 Å². The number of hydrogen-bond donors (Lipinski definition) is 0. The first-order valence-corrected chi connectivity index (χ1v) is 13.9. The van der Waals surface area contributed by atoms with E-state index < -0.39 is 4.59 Å². The van der Waals surface area contributed by atoms with Crippen LogP contribution in [0.25, 0.3) is 0 Å². The highest BCUT2D eigenvalue weighted by atomic mass is 33.2. The number of aliphatic imine (C=N–C) groups is 1. The lowest BCUT2D eigenvalue weighted by atomic mass is 10.4. The minimum Gasteiger partial charge on any atom is -0.351 e. The van der Waals surface area contributed by atoms with Gasteiger partial charge >= 0.3 is 0 Å². The van der Waals surface area contributed by atoms with Crippen molar-refractivity contribution in [2.45, 2.75) is 32.6 Å². The fourth-order valence-corrected chi connectivity index (χ4v) is 10.4. The first kappa shape index (κ1) is 19.8. The highest BCUT2D eigenvalue weighted by Gasteiger charge is 2.30. The maximum Gasteiger partial charge on any atom is 0.229 e. The maximum absolute atomic E-state index is 6.04. The molecule has 0 aromatic heterocycles. The number of rotatable bonds is 6. The predicted molar refractivity (Wildman–Crippen MR) is 115 cm³/mol. The molecule has 0 N–H and O–H groups in total. The molecule has 1 heterocycles. The van der Waals surface area contributed by atoms with Crippen molar-refractivity contribution in [1.82, 2.24) is 9.80 Å². The van der Waals surface area contributed by atoms with Crippen LogP contribution in [0.4, 0.5) is 0 Å². The van der Waals surface area contributed by atoms with Crippen LogP contribution in [0.5, 0.6) is 0 Å². The average Bonchev–Trinajstić information content (AvgIpc) is 2.57. The van der Waals surface area contributed by atoms with Crippen molar-refractivity contribution in [3.05, 3.63) is 30.3 Å². The Hall–Kier alpha value is -0.490. The molecule has 0 bridgehead atoms. The zero-order valence-electron chi connectivity index (χ0n) is 14.7. The van der Waals surface area contributed by atoms with Gasteiger partial charge in [0.1, 0.15) is 0 Å². The molecule has 0 amide bonds. The second-order valence-electron chi connectivity index (χ2n) is 5.10. The van der Waals surface area contributed by atoms with Gasteiger partial charge in [-0.1, -0.05) is 29.6 Å². The molecule has 8 heteroatoms. The van der Waals surface area contributed by atoms with E-state index in [1.807, 2.05) is 18.2 Å². The number of amidine groups is 1. The minimum atomic E-state index is -2.07. The molecule has 0 aliphatic carbocycles. The standard InChI is InChI=1S/C16H25N4PS3/c1-5-19(6-2)15-17-16(20(7-3)8-4)24-21(22,18-15)23-14-12-10-9-11-13-14/h9-13H,5-8H2,1-4H3. The molecule has 24 heavy (non-hydrogen) atoms. The average molecular weight is 401 g/mol. The van der Waals surface area contributed by atoms with Crippen LogP contribution in [-0.4, -0.2) is 47.1 Å². The quantitative estimate of drug-likeness (QED) is 0.617. The molecule has 1 aliphatic heterocycles. The van der Waals surface area contributed by atoms with Gasteiger partial charge in [0.15, 0.2) is 9.76 Å². The number of nitrogens with zero attached hydrogens (tertiary/aromatic N) is 4. The Kier molecular flexibility index (Phi) is 7.66. The van der Waals surface area contributed by atoms with Crippen molar-refractivity contribution >= 4 is 50.3 Å². The first-order valence-electron chi connectivity index (χ1n) is 8.28. The Morgan fingerprint density at radius 2 is 1.58 bits per heavy atom. The van der Waals surface area contributed by atoms with Crippen LogP contribution in [0.2, 0.25) is 0 Å². The molecule has 1 aromatic rings. The monoisotopic (exact) mass is 400 g/mol.